The van der Waals surface area contributed by atoms with E-state index in [-0.39, 0.29) is 15.9 Å². The zero-order valence-corrected chi connectivity index (χ0v) is 12.0. The highest BCUT2D eigenvalue weighted by atomic mass is 35.5. The maximum atomic E-state index is 12.1. The molecule has 0 atom stereocenters. The Morgan fingerprint density at radius 1 is 1.16 bits per heavy atom. The predicted molar refractivity (Wildman–Crippen MR) is 76.2 cm³/mol. The Hall–Kier alpha value is -1.36. The fraction of sp³-hybridized carbons (Fsp3) is 0.0833. The van der Waals surface area contributed by atoms with Gasteiger partial charge in [0.15, 0.2) is 10.3 Å². The molecule has 2 rings (SSSR count). The first-order valence-electron chi connectivity index (χ1n) is 5.23. The molecule has 1 amide bonds. The first-order chi connectivity index (χ1) is 8.97. The van der Waals surface area contributed by atoms with Crippen LogP contribution in [0.1, 0.15) is 15.9 Å². The fourth-order valence-electron chi connectivity index (χ4n) is 1.47. The van der Waals surface area contributed by atoms with E-state index < -0.39 is 5.91 Å². The molecule has 0 aliphatic heterocycles. The van der Waals surface area contributed by atoms with Crippen molar-refractivity contribution >= 4 is 46.4 Å². The lowest BCUT2D eigenvalue weighted by Gasteiger charge is -2.09. The van der Waals surface area contributed by atoms with Crippen LogP contribution in [0.15, 0.2) is 24.3 Å². The van der Waals surface area contributed by atoms with Crippen molar-refractivity contribution in [1.82, 2.24) is 10.2 Å². The van der Waals surface area contributed by atoms with Gasteiger partial charge in [0.2, 0.25) is 0 Å². The third-order valence-corrected chi connectivity index (χ3v) is 3.10. The standard InChI is InChI=1S/C12H8Cl3N3O/c1-6-4-7(13)2-3-9(6)16-12(19)8-5-10(14)17-18-11(8)15/h2-5H,1H3,(H,16,19). The van der Waals surface area contributed by atoms with Gasteiger partial charge in [0, 0.05) is 10.7 Å². The van der Waals surface area contributed by atoms with Crippen LogP contribution in [0.25, 0.3) is 0 Å². The molecule has 4 nitrogen and oxygen atoms in total. The van der Waals surface area contributed by atoms with Gasteiger partial charge in [-0.1, -0.05) is 34.8 Å². The van der Waals surface area contributed by atoms with Crippen LogP contribution < -0.4 is 5.32 Å². The van der Waals surface area contributed by atoms with Gasteiger partial charge in [-0.05, 0) is 36.8 Å². The summed E-state index contributed by atoms with van der Waals surface area (Å²) in [6, 6.07) is 6.50. The Balaban J connectivity index is 2.28. The van der Waals surface area contributed by atoms with Crippen molar-refractivity contribution in [2.75, 3.05) is 5.32 Å². The maximum absolute atomic E-state index is 12.1. The van der Waals surface area contributed by atoms with E-state index in [1.165, 1.54) is 6.07 Å². The number of anilines is 1. The molecule has 0 saturated heterocycles. The van der Waals surface area contributed by atoms with Gasteiger partial charge in [0.1, 0.15) is 0 Å². The number of aromatic nitrogens is 2. The minimum Gasteiger partial charge on any atom is -0.322 e. The molecule has 0 fully saturated rings. The largest absolute Gasteiger partial charge is 0.322 e. The van der Waals surface area contributed by atoms with Crippen molar-refractivity contribution in [1.29, 1.82) is 0 Å². The number of carbonyl (C=O) groups is 1. The van der Waals surface area contributed by atoms with Gasteiger partial charge in [0.25, 0.3) is 5.91 Å². The molecule has 0 aliphatic carbocycles. The van der Waals surface area contributed by atoms with E-state index in [1.807, 2.05) is 6.92 Å². The summed E-state index contributed by atoms with van der Waals surface area (Å²) >= 11 is 17.3. The van der Waals surface area contributed by atoms with Gasteiger partial charge in [0.05, 0.1) is 5.56 Å². The second kappa shape index (κ2) is 5.74. The molecule has 19 heavy (non-hydrogen) atoms. The van der Waals surface area contributed by atoms with Crippen molar-refractivity contribution in [3.05, 3.63) is 50.7 Å². The van der Waals surface area contributed by atoms with Crippen molar-refractivity contribution in [3.8, 4) is 0 Å². The molecular weight excluding hydrogens is 309 g/mol. The maximum Gasteiger partial charge on any atom is 0.258 e. The summed E-state index contributed by atoms with van der Waals surface area (Å²) in [6.07, 6.45) is 0. The summed E-state index contributed by atoms with van der Waals surface area (Å²) in [6.45, 7) is 1.83. The van der Waals surface area contributed by atoms with Gasteiger partial charge >= 0.3 is 0 Å². The summed E-state index contributed by atoms with van der Waals surface area (Å²) in [5.74, 6) is -0.410. The van der Waals surface area contributed by atoms with Crippen molar-refractivity contribution < 1.29 is 4.79 Å². The van der Waals surface area contributed by atoms with Crippen LogP contribution in [-0.2, 0) is 0 Å². The van der Waals surface area contributed by atoms with Crippen LogP contribution in [0, 0.1) is 6.92 Å². The topological polar surface area (TPSA) is 54.9 Å². The van der Waals surface area contributed by atoms with E-state index in [0.717, 1.165) is 5.56 Å². The lowest BCUT2D eigenvalue weighted by atomic mass is 10.2. The minimum absolute atomic E-state index is 0.00600. The third-order valence-electron chi connectivity index (χ3n) is 2.40. The highest BCUT2D eigenvalue weighted by Gasteiger charge is 2.14. The Labute approximate surface area is 124 Å². The van der Waals surface area contributed by atoms with Crippen molar-refractivity contribution in [2.45, 2.75) is 6.92 Å². The number of nitrogens with one attached hydrogen (secondary N) is 1. The second-order valence-corrected chi connectivity index (χ2v) is 4.97. The lowest BCUT2D eigenvalue weighted by molar-refractivity contribution is 0.102. The first kappa shape index (κ1) is 14.1. The van der Waals surface area contributed by atoms with E-state index in [0.29, 0.717) is 10.7 Å². The van der Waals surface area contributed by atoms with E-state index in [9.17, 15) is 4.79 Å². The molecule has 1 aromatic heterocycles. The van der Waals surface area contributed by atoms with E-state index in [4.69, 9.17) is 34.8 Å². The van der Waals surface area contributed by atoms with E-state index >= 15 is 0 Å². The average Bonchev–Trinajstić information content (AvgIpc) is 2.35. The van der Waals surface area contributed by atoms with Crippen LogP contribution in [0.4, 0.5) is 5.69 Å². The molecular formula is C12H8Cl3N3O. The third kappa shape index (κ3) is 3.35. The Morgan fingerprint density at radius 2 is 1.89 bits per heavy atom. The number of carbonyl (C=O) groups excluding carboxylic acids is 1. The number of nitrogens with zero attached hydrogens (tertiary/aromatic N) is 2. The summed E-state index contributed by atoms with van der Waals surface area (Å²) in [5, 5.41) is 10.5. The van der Waals surface area contributed by atoms with Gasteiger partial charge < -0.3 is 5.32 Å². The number of benzene rings is 1. The van der Waals surface area contributed by atoms with Crippen molar-refractivity contribution in [2.24, 2.45) is 0 Å². The minimum atomic E-state index is -0.410. The zero-order valence-electron chi connectivity index (χ0n) is 9.75. The van der Waals surface area contributed by atoms with Crippen LogP contribution in [-0.4, -0.2) is 16.1 Å². The Kier molecular flexibility index (Phi) is 4.24. The van der Waals surface area contributed by atoms with E-state index in [2.05, 4.69) is 15.5 Å². The molecule has 0 aliphatic rings. The zero-order chi connectivity index (χ0) is 14.0. The predicted octanol–water partition coefficient (Wildman–Crippen LogP) is 4.00. The average molecular weight is 317 g/mol. The molecule has 0 spiro atoms. The number of hydrogen-bond acceptors (Lipinski definition) is 3. The smallest absolute Gasteiger partial charge is 0.258 e. The summed E-state index contributed by atoms with van der Waals surface area (Å²) in [4.78, 5) is 12.1. The van der Waals surface area contributed by atoms with Gasteiger partial charge in [-0.3, -0.25) is 4.79 Å². The van der Waals surface area contributed by atoms with Crippen LogP contribution >= 0.6 is 34.8 Å². The number of amides is 1. The number of hydrogen-bond donors (Lipinski definition) is 1. The molecule has 2 aromatic rings. The molecule has 98 valence electrons. The molecule has 1 N–H and O–H groups in total. The molecule has 7 heteroatoms. The Morgan fingerprint density at radius 3 is 2.58 bits per heavy atom. The second-order valence-electron chi connectivity index (χ2n) is 3.78. The number of rotatable bonds is 2. The molecule has 0 saturated carbocycles. The summed E-state index contributed by atoms with van der Waals surface area (Å²) in [7, 11) is 0. The quantitative estimate of drug-likeness (QED) is 0.911. The summed E-state index contributed by atoms with van der Waals surface area (Å²) < 4.78 is 0. The molecule has 1 aromatic carbocycles. The molecule has 0 unspecified atom stereocenters. The molecule has 0 radical (unpaired) electrons. The number of aryl methyl sites for hydroxylation is 1. The van der Waals surface area contributed by atoms with Crippen molar-refractivity contribution in [3.63, 3.8) is 0 Å². The van der Waals surface area contributed by atoms with Crippen LogP contribution in [0.2, 0.25) is 15.3 Å². The SMILES string of the molecule is Cc1cc(Cl)ccc1NC(=O)c1cc(Cl)nnc1Cl. The van der Waals surface area contributed by atoms with Crippen LogP contribution in [0.5, 0.6) is 0 Å². The van der Waals surface area contributed by atoms with E-state index in [1.54, 1.807) is 18.2 Å². The highest BCUT2D eigenvalue weighted by Crippen LogP contribution is 2.22. The van der Waals surface area contributed by atoms with Crippen LogP contribution in [0.3, 0.4) is 0 Å². The Bertz CT molecular complexity index is 646. The number of halogens is 3. The van der Waals surface area contributed by atoms with Gasteiger partial charge in [-0.25, -0.2) is 0 Å². The monoisotopic (exact) mass is 315 g/mol. The first-order valence-corrected chi connectivity index (χ1v) is 6.37. The molecule has 1 heterocycles. The lowest BCUT2D eigenvalue weighted by Crippen LogP contribution is -2.14. The van der Waals surface area contributed by atoms with Gasteiger partial charge in [-0.15, -0.1) is 10.2 Å². The normalized spacial score (nSPS) is 10.3. The summed E-state index contributed by atoms with van der Waals surface area (Å²) in [5.41, 5.74) is 1.64. The fourth-order valence-corrected chi connectivity index (χ4v) is 2.02. The molecule has 0 bridgehead atoms. The van der Waals surface area contributed by atoms with Gasteiger partial charge in [-0.2, -0.15) is 0 Å². The highest BCUT2D eigenvalue weighted by molar-refractivity contribution is 6.34.